The molecule has 3 nitrogen and oxygen atoms in total. The number of pyridine rings is 1. The molecule has 0 aliphatic carbocycles. The third-order valence-corrected chi connectivity index (χ3v) is 3.76. The minimum atomic E-state index is 0.267. The summed E-state index contributed by atoms with van der Waals surface area (Å²) in [6.45, 7) is 5.12. The Morgan fingerprint density at radius 3 is 2.88 bits per heavy atom. The molecule has 0 saturated carbocycles. The molecule has 1 N–H and O–H groups in total. The van der Waals surface area contributed by atoms with Crippen LogP contribution in [0.2, 0.25) is 0 Å². The Balaban J connectivity index is 1.90. The largest absolute Gasteiger partial charge is 0.304 e. The lowest BCUT2D eigenvalue weighted by Gasteiger charge is -2.11. The lowest BCUT2D eigenvalue weighted by molar-refractivity contribution is 0.565. The quantitative estimate of drug-likeness (QED) is 0.882. The predicted molar refractivity (Wildman–Crippen MR) is 71.0 cm³/mol. The monoisotopic (exact) mass is 247 g/mol. The van der Waals surface area contributed by atoms with Crippen molar-refractivity contribution in [3.63, 3.8) is 0 Å². The summed E-state index contributed by atoms with van der Waals surface area (Å²) in [6, 6.07) is 6.26. The molecule has 2 heterocycles. The molecule has 2 rings (SSSR count). The zero-order chi connectivity index (χ0) is 12.1. The Morgan fingerprint density at radius 2 is 2.24 bits per heavy atom. The fourth-order valence-electron chi connectivity index (χ4n) is 1.58. The predicted octanol–water partition coefficient (Wildman–Crippen LogP) is 2.95. The van der Waals surface area contributed by atoms with Gasteiger partial charge in [-0.25, -0.2) is 4.98 Å². The first-order chi connectivity index (χ1) is 8.29. The van der Waals surface area contributed by atoms with Crippen molar-refractivity contribution in [1.29, 1.82) is 0 Å². The lowest BCUT2D eigenvalue weighted by Crippen LogP contribution is -2.18. The van der Waals surface area contributed by atoms with Crippen LogP contribution in [0.4, 0.5) is 0 Å². The average molecular weight is 247 g/mol. The van der Waals surface area contributed by atoms with Gasteiger partial charge in [-0.2, -0.15) is 0 Å². The van der Waals surface area contributed by atoms with Crippen molar-refractivity contribution in [2.45, 2.75) is 32.9 Å². The summed E-state index contributed by atoms with van der Waals surface area (Å²) >= 11 is 1.78. The topological polar surface area (TPSA) is 37.8 Å². The van der Waals surface area contributed by atoms with E-state index in [4.69, 9.17) is 0 Å². The molecule has 1 atom stereocenters. The summed E-state index contributed by atoms with van der Waals surface area (Å²) in [5.74, 6) is 0. The highest BCUT2D eigenvalue weighted by Gasteiger charge is 2.06. The van der Waals surface area contributed by atoms with Gasteiger partial charge in [0.1, 0.15) is 0 Å². The first kappa shape index (κ1) is 12.2. The summed E-state index contributed by atoms with van der Waals surface area (Å²) in [7, 11) is 0. The number of nitrogens with zero attached hydrogens (tertiary/aromatic N) is 2. The molecule has 0 amide bonds. The fraction of sp³-hybridized carbons (Fsp3) is 0.385. The van der Waals surface area contributed by atoms with Gasteiger partial charge in [0.05, 0.1) is 10.7 Å². The summed E-state index contributed by atoms with van der Waals surface area (Å²) in [6.07, 6.45) is 4.80. The highest BCUT2D eigenvalue weighted by molar-refractivity contribution is 7.11. The van der Waals surface area contributed by atoms with Gasteiger partial charge in [0.15, 0.2) is 0 Å². The van der Waals surface area contributed by atoms with Crippen molar-refractivity contribution < 1.29 is 0 Å². The number of nitrogens with one attached hydrogen (secondary N) is 1. The number of hydrogen-bond acceptors (Lipinski definition) is 4. The second-order valence-corrected chi connectivity index (χ2v) is 5.13. The average Bonchev–Trinajstić information content (AvgIpc) is 2.85. The van der Waals surface area contributed by atoms with Crippen LogP contribution in [0, 0.1) is 0 Å². The van der Waals surface area contributed by atoms with Gasteiger partial charge in [0, 0.05) is 29.9 Å². The van der Waals surface area contributed by atoms with Gasteiger partial charge in [0.2, 0.25) is 0 Å². The molecule has 0 spiro atoms. The van der Waals surface area contributed by atoms with Crippen LogP contribution in [0.25, 0.3) is 0 Å². The molecule has 0 aliphatic heterocycles. The summed E-state index contributed by atoms with van der Waals surface area (Å²) in [5, 5.41) is 4.66. The van der Waals surface area contributed by atoms with E-state index < -0.39 is 0 Å². The minimum Gasteiger partial charge on any atom is -0.304 e. The molecule has 2 aromatic heterocycles. The standard InChI is InChI=1S/C13H17N3S/c1-3-13-16-9-11(17-13)8-15-10(2)12-6-4-5-7-14-12/h4-7,9-10,15H,3,8H2,1-2H3/t10-/m1/s1. The van der Waals surface area contributed by atoms with Crippen molar-refractivity contribution in [2.24, 2.45) is 0 Å². The SMILES string of the molecule is CCc1ncc(CN[C@H](C)c2ccccn2)s1. The zero-order valence-corrected chi connectivity index (χ0v) is 11.0. The van der Waals surface area contributed by atoms with Gasteiger partial charge in [-0.1, -0.05) is 13.0 Å². The minimum absolute atomic E-state index is 0.267. The number of rotatable bonds is 5. The Hall–Kier alpha value is -1.26. The van der Waals surface area contributed by atoms with Gasteiger partial charge < -0.3 is 5.32 Å². The van der Waals surface area contributed by atoms with E-state index in [0.29, 0.717) is 0 Å². The van der Waals surface area contributed by atoms with Gasteiger partial charge >= 0.3 is 0 Å². The molecular weight excluding hydrogens is 230 g/mol. The Kier molecular flexibility index (Phi) is 4.23. The van der Waals surface area contributed by atoms with Crippen LogP contribution in [0.15, 0.2) is 30.6 Å². The van der Waals surface area contributed by atoms with Gasteiger partial charge in [-0.3, -0.25) is 4.98 Å². The molecule has 17 heavy (non-hydrogen) atoms. The molecule has 0 bridgehead atoms. The maximum absolute atomic E-state index is 4.35. The highest BCUT2D eigenvalue weighted by atomic mass is 32.1. The second-order valence-electron chi connectivity index (χ2n) is 3.93. The Morgan fingerprint density at radius 1 is 1.35 bits per heavy atom. The molecule has 0 unspecified atom stereocenters. The van der Waals surface area contributed by atoms with Crippen molar-refractivity contribution in [3.05, 3.63) is 46.2 Å². The van der Waals surface area contributed by atoms with Crippen LogP contribution in [0.1, 0.15) is 35.5 Å². The number of hydrogen-bond donors (Lipinski definition) is 1. The van der Waals surface area contributed by atoms with E-state index in [1.165, 1.54) is 9.88 Å². The molecule has 4 heteroatoms. The molecular formula is C13H17N3S. The molecule has 0 aromatic carbocycles. The maximum atomic E-state index is 4.35. The van der Waals surface area contributed by atoms with E-state index in [1.54, 1.807) is 11.3 Å². The van der Waals surface area contributed by atoms with Crippen LogP contribution < -0.4 is 5.32 Å². The van der Waals surface area contributed by atoms with Crippen molar-refractivity contribution in [2.75, 3.05) is 0 Å². The number of aryl methyl sites for hydroxylation is 1. The molecule has 0 aliphatic rings. The highest BCUT2D eigenvalue weighted by Crippen LogP contribution is 2.15. The molecule has 0 fully saturated rings. The third kappa shape index (κ3) is 3.35. The van der Waals surface area contributed by atoms with Crippen LogP contribution in [-0.2, 0) is 13.0 Å². The van der Waals surface area contributed by atoms with Gasteiger partial charge in [-0.15, -0.1) is 11.3 Å². The molecule has 0 radical (unpaired) electrons. The zero-order valence-electron chi connectivity index (χ0n) is 10.2. The Bertz CT molecular complexity index is 453. The van der Waals surface area contributed by atoms with E-state index in [1.807, 2.05) is 30.6 Å². The maximum Gasteiger partial charge on any atom is 0.0925 e. The normalized spacial score (nSPS) is 12.6. The van der Waals surface area contributed by atoms with E-state index in [2.05, 4.69) is 29.1 Å². The van der Waals surface area contributed by atoms with E-state index in [0.717, 1.165) is 18.7 Å². The molecule has 90 valence electrons. The van der Waals surface area contributed by atoms with Gasteiger partial charge in [0.25, 0.3) is 0 Å². The lowest BCUT2D eigenvalue weighted by atomic mass is 10.2. The van der Waals surface area contributed by atoms with E-state index in [9.17, 15) is 0 Å². The first-order valence-electron chi connectivity index (χ1n) is 5.87. The first-order valence-corrected chi connectivity index (χ1v) is 6.69. The van der Waals surface area contributed by atoms with Crippen LogP contribution in [-0.4, -0.2) is 9.97 Å². The van der Waals surface area contributed by atoms with Crippen LogP contribution >= 0.6 is 11.3 Å². The second kappa shape index (κ2) is 5.89. The van der Waals surface area contributed by atoms with Crippen LogP contribution in [0.5, 0.6) is 0 Å². The van der Waals surface area contributed by atoms with E-state index >= 15 is 0 Å². The number of thiazole rings is 1. The molecule has 2 aromatic rings. The van der Waals surface area contributed by atoms with E-state index in [-0.39, 0.29) is 6.04 Å². The smallest absolute Gasteiger partial charge is 0.0925 e. The van der Waals surface area contributed by atoms with Crippen molar-refractivity contribution >= 4 is 11.3 Å². The van der Waals surface area contributed by atoms with Gasteiger partial charge in [-0.05, 0) is 25.5 Å². The molecule has 0 saturated heterocycles. The van der Waals surface area contributed by atoms with Crippen LogP contribution in [0.3, 0.4) is 0 Å². The summed E-state index contributed by atoms with van der Waals surface area (Å²) in [5.41, 5.74) is 1.08. The summed E-state index contributed by atoms with van der Waals surface area (Å²) < 4.78 is 0. The number of aromatic nitrogens is 2. The van der Waals surface area contributed by atoms with Crippen molar-refractivity contribution in [1.82, 2.24) is 15.3 Å². The summed E-state index contributed by atoms with van der Waals surface area (Å²) in [4.78, 5) is 9.97. The fourth-order valence-corrected chi connectivity index (χ4v) is 2.40. The Labute approximate surface area is 106 Å². The van der Waals surface area contributed by atoms with Crippen molar-refractivity contribution in [3.8, 4) is 0 Å². The third-order valence-electron chi connectivity index (χ3n) is 2.62.